The van der Waals surface area contributed by atoms with Crippen molar-refractivity contribution >= 4 is 45.3 Å². The van der Waals surface area contributed by atoms with Crippen molar-refractivity contribution in [2.45, 2.75) is 12.1 Å². The van der Waals surface area contributed by atoms with Gasteiger partial charge in [0.2, 0.25) is 0 Å². The van der Waals surface area contributed by atoms with Crippen LogP contribution in [0.25, 0.3) is 16.2 Å². The fourth-order valence-electron chi connectivity index (χ4n) is 4.13. The molecule has 7 nitrogen and oxygen atoms in total. The molecule has 0 radical (unpaired) electrons. The van der Waals surface area contributed by atoms with Gasteiger partial charge in [0.15, 0.2) is 5.54 Å². The molecule has 3 aromatic rings. The van der Waals surface area contributed by atoms with Gasteiger partial charge in [-0.15, -0.1) is 11.3 Å². The lowest BCUT2D eigenvalue weighted by Crippen LogP contribution is -2.52. The number of rotatable bonds is 5. The van der Waals surface area contributed by atoms with E-state index in [0.717, 1.165) is 21.2 Å². The van der Waals surface area contributed by atoms with Crippen molar-refractivity contribution in [3.05, 3.63) is 70.6 Å². The van der Waals surface area contributed by atoms with Crippen LogP contribution in [-0.2, 0) is 16.9 Å². The SMILES string of the molecule is C=Cc1ccc2sc([C@]3(CN4Cc5ccc(OC)cc5C4=O)NC(=O)NC3=O)cc2c1. The standard InChI is InChI=1S/C23H19N3O4S/c1-3-13-4-7-18-15(8-13)9-19(31-18)23(21(28)24-22(29)25-23)12-26-11-14-5-6-16(30-2)10-17(14)20(26)27/h3-10H,1,11-12H2,2H3,(H2,24,25,28,29)/t23-/m0/s1. The summed E-state index contributed by atoms with van der Waals surface area (Å²) in [5.74, 6) is -0.0651. The maximum Gasteiger partial charge on any atom is 0.322 e. The van der Waals surface area contributed by atoms with E-state index >= 15 is 0 Å². The van der Waals surface area contributed by atoms with Gasteiger partial charge in [-0.2, -0.15) is 0 Å². The van der Waals surface area contributed by atoms with Crippen LogP contribution >= 0.6 is 11.3 Å². The molecule has 2 aliphatic heterocycles. The van der Waals surface area contributed by atoms with E-state index in [1.165, 1.54) is 11.3 Å². The average Bonchev–Trinajstić information content (AvgIpc) is 3.41. The molecule has 31 heavy (non-hydrogen) atoms. The third-order valence-electron chi connectivity index (χ3n) is 5.76. The Morgan fingerprint density at radius 2 is 2.03 bits per heavy atom. The Kier molecular flexibility index (Phi) is 4.33. The summed E-state index contributed by atoms with van der Waals surface area (Å²) in [6.07, 6.45) is 1.75. The topological polar surface area (TPSA) is 87.7 Å². The number of hydrogen-bond donors (Lipinski definition) is 2. The van der Waals surface area contributed by atoms with Gasteiger partial charge in [-0.3, -0.25) is 14.9 Å². The second-order valence-electron chi connectivity index (χ2n) is 7.61. The lowest BCUT2D eigenvalue weighted by atomic mass is 9.96. The van der Waals surface area contributed by atoms with Crippen molar-refractivity contribution in [2.24, 2.45) is 0 Å². The molecule has 156 valence electrons. The minimum atomic E-state index is -1.35. The number of carbonyl (C=O) groups is 3. The molecule has 3 heterocycles. The lowest BCUT2D eigenvalue weighted by Gasteiger charge is -2.30. The summed E-state index contributed by atoms with van der Waals surface area (Å²) in [7, 11) is 1.55. The third-order valence-corrected chi connectivity index (χ3v) is 7.04. The van der Waals surface area contributed by atoms with Crippen LogP contribution in [0.4, 0.5) is 4.79 Å². The molecule has 0 aliphatic carbocycles. The van der Waals surface area contributed by atoms with E-state index in [2.05, 4.69) is 17.2 Å². The number of imide groups is 1. The Labute approximate surface area is 182 Å². The first kappa shape index (κ1) is 19.3. The van der Waals surface area contributed by atoms with Gasteiger partial charge in [0, 0.05) is 21.7 Å². The number of methoxy groups -OCH3 is 1. The molecule has 5 rings (SSSR count). The first-order chi connectivity index (χ1) is 14.9. The lowest BCUT2D eigenvalue weighted by molar-refractivity contribution is -0.124. The number of amides is 4. The van der Waals surface area contributed by atoms with Crippen molar-refractivity contribution in [3.63, 3.8) is 0 Å². The highest BCUT2D eigenvalue weighted by Crippen LogP contribution is 2.38. The highest BCUT2D eigenvalue weighted by atomic mass is 32.1. The second kappa shape index (κ2) is 6.95. The van der Waals surface area contributed by atoms with Crippen LogP contribution in [0.1, 0.15) is 26.4 Å². The van der Waals surface area contributed by atoms with Gasteiger partial charge >= 0.3 is 6.03 Å². The Bertz CT molecular complexity index is 1280. The highest BCUT2D eigenvalue weighted by molar-refractivity contribution is 7.19. The number of ether oxygens (including phenoxy) is 1. The van der Waals surface area contributed by atoms with Gasteiger partial charge in [0.25, 0.3) is 11.8 Å². The monoisotopic (exact) mass is 433 g/mol. The van der Waals surface area contributed by atoms with E-state index in [9.17, 15) is 14.4 Å². The fraction of sp³-hybridized carbons (Fsp3) is 0.174. The Morgan fingerprint density at radius 3 is 2.74 bits per heavy atom. The summed E-state index contributed by atoms with van der Waals surface area (Å²) in [5, 5.41) is 6.09. The van der Waals surface area contributed by atoms with Crippen molar-refractivity contribution in [3.8, 4) is 5.75 Å². The molecule has 0 saturated carbocycles. The van der Waals surface area contributed by atoms with Crippen LogP contribution in [0.2, 0.25) is 0 Å². The van der Waals surface area contributed by atoms with E-state index in [1.807, 2.05) is 30.3 Å². The Morgan fingerprint density at radius 1 is 1.19 bits per heavy atom. The van der Waals surface area contributed by atoms with Crippen LogP contribution in [-0.4, -0.2) is 36.4 Å². The molecular formula is C23H19N3O4S. The number of thiophene rings is 1. The van der Waals surface area contributed by atoms with Crippen molar-refractivity contribution < 1.29 is 19.1 Å². The molecule has 0 bridgehead atoms. The number of benzene rings is 2. The summed E-state index contributed by atoms with van der Waals surface area (Å²) >= 11 is 1.43. The number of fused-ring (bicyclic) bond motifs is 2. The van der Waals surface area contributed by atoms with E-state index in [0.29, 0.717) is 22.7 Å². The zero-order valence-electron chi connectivity index (χ0n) is 16.7. The van der Waals surface area contributed by atoms with Crippen molar-refractivity contribution in [1.29, 1.82) is 0 Å². The summed E-state index contributed by atoms with van der Waals surface area (Å²) in [6, 6.07) is 12.6. The molecule has 2 aliphatic rings. The predicted molar refractivity (Wildman–Crippen MR) is 118 cm³/mol. The maximum atomic E-state index is 13.1. The van der Waals surface area contributed by atoms with Gasteiger partial charge < -0.3 is 15.0 Å². The normalized spacial score (nSPS) is 20.0. The zero-order chi connectivity index (χ0) is 21.8. The largest absolute Gasteiger partial charge is 0.497 e. The number of hydrogen-bond acceptors (Lipinski definition) is 5. The number of carbonyl (C=O) groups excluding carboxylic acids is 3. The summed E-state index contributed by atoms with van der Waals surface area (Å²) < 4.78 is 6.21. The minimum Gasteiger partial charge on any atom is -0.497 e. The third kappa shape index (κ3) is 2.98. The van der Waals surface area contributed by atoms with E-state index < -0.39 is 17.5 Å². The van der Waals surface area contributed by atoms with Crippen LogP contribution in [0.3, 0.4) is 0 Å². The zero-order valence-corrected chi connectivity index (χ0v) is 17.5. The smallest absolute Gasteiger partial charge is 0.322 e. The molecule has 1 atom stereocenters. The summed E-state index contributed by atoms with van der Waals surface area (Å²) in [6.45, 7) is 4.18. The quantitative estimate of drug-likeness (QED) is 0.605. The Balaban J connectivity index is 1.55. The molecule has 1 saturated heterocycles. The first-order valence-corrected chi connectivity index (χ1v) is 10.5. The molecular weight excluding hydrogens is 414 g/mol. The molecule has 8 heteroatoms. The van der Waals surface area contributed by atoms with Crippen LogP contribution < -0.4 is 15.4 Å². The Hall–Kier alpha value is -3.65. The van der Waals surface area contributed by atoms with E-state index in [-0.39, 0.29) is 12.5 Å². The maximum absolute atomic E-state index is 13.1. The van der Waals surface area contributed by atoms with Gasteiger partial charge in [-0.1, -0.05) is 24.8 Å². The van der Waals surface area contributed by atoms with Crippen LogP contribution in [0.15, 0.2) is 49.0 Å². The van der Waals surface area contributed by atoms with Crippen LogP contribution in [0, 0.1) is 0 Å². The number of nitrogens with one attached hydrogen (secondary N) is 2. The van der Waals surface area contributed by atoms with Gasteiger partial charge in [-0.25, -0.2) is 4.79 Å². The van der Waals surface area contributed by atoms with Gasteiger partial charge in [0.1, 0.15) is 5.75 Å². The van der Waals surface area contributed by atoms with Crippen molar-refractivity contribution in [1.82, 2.24) is 15.5 Å². The fourth-order valence-corrected chi connectivity index (χ4v) is 5.31. The molecule has 2 N–H and O–H groups in total. The number of urea groups is 1. The predicted octanol–water partition coefficient (Wildman–Crippen LogP) is 3.24. The summed E-state index contributed by atoms with van der Waals surface area (Å²) in [5.41, 5.74) is 1.02. The molecule has 1 fully saturated rings. The molecule has 2 aromatic carbocycles. The second-order valence-corrected chi connectivity index (χ2v) is 8.69. The first-order valence-electron chi connectivity index (χ1n) is 9.70. The average molecular weight is 433 g/mol. The molecule has 4 amide bonds. The molecule has 0 spiro atoms. The number of nitrogens with zero attached hydrogens (tertiary/aromatic N) is 1. The van der Waals surface area contributed by atoms with Gasteiger partial charge in [-0.05, 0) is 46.8 Å². The van der Waals surface area contributed by atoms with Gasteiger partial charge in [0.05, 0.1) is 13.7 Å². The molecule has 0 unspecified atom stereocenters. The van der Waals surface area contributed by atoms with E-state index in [1.54, 1.807) is 30.2 Å². The van der Waals surface area contributed by atoms with Crippen molar-refractivity contribution in [2.75, 3.05) is 13.7 Å². The van der Waals surface area contributed by atoms with Crippen LogP contribution in [0.5, 0.6) is 5.75 Å². The minimum absolute atomic E-state index is 0.0293. The molecule has 1 aromatic heterocycles. The highest BCUT2D eigenvalue weighted by Gasteiger charge is 2.51. The van der Waals surface area contributed by atoms with E-state index in [4.69, 9.17) is 4.74 Å². The summed E-state index contributed by atoms with van der Waals surface area (Å²) in [4.78, 5) is 40.5.